The maximum atomic E-state index is 11.8. The highest BCUT2D eigenvalue weighted by Gasteiger charge is 2.13. The molecule has 0 unspecified atom stereocenters. The number of nitrogens with one attached hydrogen (secondary N) is 2. The molecule has 1 heterocycles. The van der Waals surface area contributed by atoms with Crippen LogP contribution in [0.5, 0.6) is 0 Å². The SMILES string of the molecule is CC(C)NC(=O)c1ccc(NC2CCOCC2)cc1. The summed E-state index contributed by atoms with van der Waals surface area (Å²) >= 11 is 0. The van der Waals surface area contributed by atoms with Crippen LogP contribution in [0.2, 0.25) is 0 Å². The Bertz CT molecular complexity index is 409. The molecular weight excluding hydrogens is 240 g/mol. The van der Waals surface area contributed by atoms with Gasteiger partial charge in [-0.25, -0.2) is 0 Å². The second-order valence-electron chi connectivity index (χ2n) is 5.24. The topological polar surface area (TPSA) is 50.4 Å². The lowest BCUT2D eigenvalue weighted by atomic mass is 10.1. The van der Waals surface area contributed by atoms with Crippen LogP contribution in [0.1, 0.15) is 37.0 Å². The summed E-state index contributed by atoms with van der Waals surface area (Å²) in [5.74, 6) is -0.0207. The van der Waals surface area contributed by atoms with Gasteiger partial charge in [-0.3, -0.25) is 4.79 Å². The lowest BCUT2D eigenvalue weighted by molar-refractivity contribution is 0.0904. The Hall–Kier alpha value is -1.55. The minimum absolute atomic E-state index is 0.0207. The Morgan fingerprint density at radius 2 is 1.84 bits per heavy atom. The maximum Gasteiger partial charge on any atom is 0.251 e. The van der Waals surface area contributed by atoms with E-state index in [4.69, 9.17) is 4.74 Å². The summed E-state index contributed by atoms with van der Waals surface area (Å²) in [7, 11) is 0. The zero-order valence-electron chi connectivity index (χ0n) is 11.6. The molecule has 2 rings (SSSR count). The van der Waals surface area contributed by atoms with Gasteiger partial charge < -0.3 is 15.4 Å². The van der Waals surface area contributed by atoms with Crippen LogP contribution in [0.15, 0.2) is 24.3 Å². The van der Waals surface area contributed by atoms with Crippen LogP contribution in [0, 0.1) is 0 Å². The molecule has 1 saturated heterocycles. The first-order valence-electron chi connectivity index (χ1n) is 6.90. The molecule has 1 aliphatic heterocycles. The van der Waals surface area contributed by atoms with Crippen molar-refractivity contribution in [2.75, 3.05) is 18.5 Å². The predicted molar refractivity (Wildman–Crippen MR) is 76.5 cm³/mol. The van der Waals surface area contributed by atoms with Crippen molar-refractivity contribution in [1.82, 2.24) is 5.32 Å². The number of hydrogen-bond acceptors (Lipinski definition) is 3. The van der Waals surface area contributed by atoms with E-state index in [-0.39, 0.29) is 11.9 Å². The van der Waals surface area contributed by atoms with E-state index in [1.54, 1.807) is 0 Å². The van der Waals surface area contributed by atoms with Crippen LogP contribution in [0.3, 0.4) is 0 Å². The normalized spacial score (nSPS) is 16.4. The van der Waals surface area contributed by atoms with E-state index >= 15 is 0 Å². The molecule has 0 bridgehead atoms. The first kappa shape index (κ1) is 13.9. The third-order valence-electron chi connectivity index (χ3n) is 3.16. The molecule has 4 heteroatoms. The van der Waals surface area contributed by atoms with Crippen molar-refractivity contribution in [3.63, 3.8) is 0 Å². The fourth-order valence-corrected chi connectivity index (χ4v) is 2.14. The van der Waals surface area contributed by atoms with Crippen molar-refractivity contribution in [1.29, 1.82) is 0 Å². The van der Waals surface area contributed by atoms with Crippen LogP contribution in [0.25, 0.3) is 0 Å². The Morgan fingerprint density at radius 3 is 2.42 bits per heavy atom. The number of hydrogen-bond donors (Lipinski definition) is 2. The van der Waals surface area contributed by atoms with E-state index in [9.17, 15) is 4.79 Å². The van der Waals surface area contributed by atoms with Gasteiger partial charge in [0.1, 0.15) is 0 Å². The van der Waals surface area contributed by atoms with E-state index < -0.39 is 0 Å². The van der Waals surface area contributed by atoms with Crippen molar-refractivity contribution >= 4 is 11.6 Å². The number of anilines is 1. The molecule has 1 aromatic rings. The first-order valence-corrected chi connectivity index (χ1v) is 6.90. The van der Waals surface area contributed by atoms with Gasteiger partial charge in [0.25, 0.3) is 5.91 Å². The van der Waals surface area contributed by atoms with Crippen LogP contribution in [0.4, 0.5) is 5.69 Å². The Kier molecular flexibility index (Phi) is 4.80. The maximum absolute atomic E-state index is 11.8. The number of ether oxygens (including phenoxy) is 1. The second-order valence-corrected chi connectivity index (χ2v) is 5.24. The molecule has 0 radical (unpaired) electrons. The molecule has 0 atom stereocenters. The molecule has 1 aromatic carbocycles. The van der Waals surface area contributed by atoms with E-state index in [1.807, 2.05) is 38.1 Å². The first-order chi connectivity index (χ1) is 9.15. The quantitative estimate of drug-likeness (QED) is 0.876. The van der Waals surface area contributed by atoms with Crippen molar-refractivity contribution in [2.45, 2.75) is 38.8 Å². The average Bonchev–Trinajstić information content (AvgIpc) is 2.40. The van der Waals surface area contributed by atoms with Crippen LogP contribution < -0.4 is 10.6 Å². The Balaban J connectivity index is 1.92. The van der Waals surface area contributed by atoms with Crippen molar-refractivity contribution in [3.05, 3.63) is 29.8 Å². The van der Waals surface area contributed by atoms with Gasteiger partial charge >= 0.3 is 0 Å². The number of carbonyl (C=O) groups is 1. The molecule has 0 saturated carbocycles. The van der Waals surface area contributed by atoms with Gasteiger partial charge in [0, 0.05) is 36.5 Å². The summed E-state index contributed by atoms with van der Waals surface area (Å²) in [5.41, 5.74) is 1.76. The largest absolute Gasteiger partial charge is 0.382 e. The Labute approximate surface area is 114 Å². The summed E-state index contributed by atoms with van der Waals surface area (Å²) < 4.78 is 5.33. The van der Waals surface area contributed by atoms with E-state index in [0.29, 0.717) is 11.6 Å². The van der Waals surface area contributed by atoms with Gasteiger partial charge in [0.2, 0.25) is 0 Å². The molecule has 0 spiro atoms. The van der Waals surface area contributed by atoms with E-state index in [2.05, 4.69) is 10.6 Å². The summed E-state index contributed by atoms with van der Waals surface area (Å²) in [6.07, 6.45) is 2.07. The minimum Gasteiger partial charge on any atom is -0.382 e. The molecule has 19 heavy (non-hydrogen) atoms. The smallest absolute Gasteiger partial charge is 0.251 e. The molecule has 2 N–H and O–H groups in total. The number of rotatable bonds is 4. The predicted octanol–water partition coefficient (Wildman–Crippen LogP) is 2.42. The molecule has 0 aliphatic carbocycles. The zero-order chi connectivity index (χ0) is 13.7. The van der Waals surface area contributed by atoms with E-state index in [1.165, 1.54) is 0 Å². The van der Waals surface area contributed by atoms with Gasteiger partial charge in [-0.1, -0.05) is 0 Å². The molecule has 1 fully saturated rings. The van der Waals surface area contributed by atoms with Crippen molar-refractivity contribution in [2.24, 2.45) is 0 Å². The average molecular weight is 262 g/mol. The van der Waals surface area contributed by atoms with Crippen molar-refractivity contribution in [3.8, 4) is 0 Å². The lowest BCUT2D eigenvalue weighted by Crippen LogP contribution is -2.30. The van der Waals surface area contributed by atoms with Gasteiger partial charge in [-0.05, 0) is 51.0 Å². The van der Waals surface area contributed by atoms with Gasteiger partial charge in [0.15, 0.2) is 0 Å². The summed E-state index contributed by atoms with van der Waals surface area (Å²) in [5, 5.41) is 6.36. The molecule has 4 nitrogen and oxygen atoms in total. The van der Waals surface area contributed by atoms with Crippen LogP contribution >= 0.6 is 0 Å². The van der Waals surface area contributed by atoms with Crippen LogP contribution in [-0.4, -0.2) is 31.2 Å². The Morgan fingerprint density at radius 1 is 1.21 bits per heavy atom. The molecule has 0 aromatic heterocycles. The van der Waals surface area contributed by atoms with Crippen LogP contribution in [-0.2, 0) is 4.74 Å². The minimum atomic E-state index is -0.0207. The fourth-order valence-electron chi connectivity index (χ4n) is 2.14. The molecule has 1 aliphatic rings. The van der Waals surface area contributed by atoms with Gasteiger partial charge in [-0.15, -0.1) is 0 Å². The summed E-state index contributed by atoms with van der Waals surface area (Å²) in [6, 6.07) is 8.28. The number of benzene rings is 1. The summed E-state index contributed by atoms with van der Waals surface area (Å²) in [6.45, 7) is 5.57. The third-order valence-corrected chi connectivity index (χ3v) is 3.16. The molecule has 1 amide bonds. The zero-order valence-corrected chi connectivity index (χ0v) is 11.6. The molecular formula is C15H22N2O2. The van der Waals surface area contributed by atoms with Gasteiger partial charge in [-0.2, -0.15) is 0 Å². The van der Waals surface area contributed by atoms with Crippen molar-refractivity contribution < 1.29 is 9.53 Å². The molecule has 104 valence electrons. The third kappa shape index (κ3) is 4.24. The highest BCUT2D eigenvalue weighted by atomic mass is 16.5. The highest BCUT2D eigenvalue weighted by Crippen LogP contribution is 2.16. The number of carbonyl (C=O) groups excluding carboxylic acids is 1. The highest BCUT2D eigenvalue weighted by molar-refractivity contribution is 5.94. The van der Waals surface area contributed by atoms with E-state index in [0.717, 1.165) is 31.7 Å². The standard InChI is InChI=1S/C15H22N2O2/c1-11(2)16-15(18)12-3-5-13(6-4-12)17-14-7-9-19-10-8-14/h3-6,11,14,17H,7-10H2,1-2H3,(H,16,18). The fraction of sp³-hybridized carbons (Fsp3) is 0.533. The summed E-state index contributed by atoms with van der Waals surface area (Å²) in [4.78, 5) is 11.8. The number of amides is 1. The van der Waals surface area contributed by atoms with Gasteiger partial charge in [0.05, 0.1) is 0 Å². The monoisotopic (exact) mass is 262 g/mol. The second kappa shape index (κ2) is 6.57. The lowest BCUT2D eigenvalue weighted by Gasteiger charge is -2.24.